The van der Waals surface area contributed by atoms with Crippen LogP contribution in [0, 0.1) is 0 Å². The highest BCUT2D eigenvalue weighted by Crippen LogP contribution is 1.91. The molecule has 0 aromatic carbocycles. The van der Waals surface area contributed by atoms with Crippen LogP contribution in [0.3, 0.4) is 0 Å². The Kier molecular flexibility index (Phi) is 6.49. The van der Waals surface area contributed by atoms with Crippen molar-refractivity contribution in [3.05, 3.63) is 0 Å². The second kappa shape index (κ2) is 6.79. The molecule has 2 N–H and O–H groups in total. The zero-order valence-electron chi connectivity index (χ0n) is 9.89. The fourth-order valence-electron chi connectivity index (χ4n) is 1.11. The first kappa shape index (κ1) is 13.4. The van der Waals surface area contributed by atoms with Crippen molar-refractivity contribution in [3.8, 4) is 0 Å². The van der Waals surface area contributed by atoms with Crippen LogP contribution >= 0.6 is 0 Å². The molecule has 4 nitrogen and oxygen atoms in total. The molecule has 0 aromatic rings. The SMILES string of the molecule is CNCCC(=O)NCCC[N+](C)(C)C. The average Bonchev–Trinajstić information content (AvgIpc) is 2.07. The largest absolute Gasteiger partial charge is 0.356 e. The van der Waals surface area contributed by atoms with Crippen LogP contribution in [-0.2, 0) is 4.79 Å². The Morgan fingerprint density at radius 3 is 2.36 bits per heavy atom. The monoisotopic (exact) mass is 202 g/mol. The van der Waals surface area contributed by atoms with E-state index < -0.39 is 0 Å². The second-order valence-corrected chi connectivity index (χ2v) is 4.57. The Morgan fingerprint density at radius 2 is 1.86 bits per heavy atom. The maximum absolute atomic E-state index is 11.2. The van der Waals surface area contributed by atoms with Gasteiger partial charge in [-0.15, -0.1) is 0 Å². The molecule has 0 aliphatic carbocycles. The molecule has 0 aliphatic heterocycles. The quantitative estimate of drug-likeness (QED) is 0.444. The summed E-state index contributed by atoms with van der Waals surface area (Å²) < 4.78 is 0.951. The van der Waals surface area contributed by atoms with Gasteiger partial charge in [-0.1, -0.05) is 0 Å². The first-order valence-corrected chi connectivity index (χ1v) is 5.17. The maximum atomic E-state index is 11.2. The van der Waals surface area contributed by atoms with E-state index in [-0.39, 0.29) is 5.91 Å². The van der Waals surface area contributed by atoms with Crippen molar-refractivity contribution in [2.75, 3.05) is 47.8 Å². The summed E-state index contributed by atoms with van der Waals surface area (Å²) in [6.45, 7) is 2.63. The third-order valence-corrected chi connectivity index (χ3v) is 1.93. The lowest BCUT2D eigenvalue weighted by Gasteiger charge is -2.23. The van der Waals surface area contributed by atoms with Crippen molar-refractivity contribution in [2.45, 2.75) is 12.8 Å². The van der Waals surface area contributed by atoms with Gasteiger partial charge in [-0.05, 0) is 7.05 Å². The Bertz CT molecular complexity index is 163. The van der Waals surface area contributed by atoms with Crippen LogP contribution in [0.25, 0.3) is 0 Å². The van der Waals surface area contributed by atoms with Crippen LogP contribution in [0.15, 0.2) is 0 Å². The fourth-order valence-corrected chi connectivity index (χ4v) is 1.11. The number of rotatable bonds is 7. The van der Waals surface area contributed by atoms with E-state index in [2.05, 4.69) is 31.8 Å². The van der Waals surface area contributed by atoms with E-state index >= 15 is 0 Å². The van der Waals surface area contributed by atoms with E-state index in [1.165, 1.54) is 0 Å². The first-order chi connectivity index (χ1) is 6.45. The van der Waals surface area contributed by atoms with Gasteiger partial charge in [0, 0.05) is 25.9 Å². The molecular weight excluding hydrogens is 178 g/mol. The highest BCUT2D eigenvalue weighted by Gasteiger charge is 2.06. The first-order valence-electron chi connectivity index (χ1n) is 5.17. The van der Waals surface area contributed by atoms with Crippen molar-refractivity contribution in [1.82, 2.24) is 10.6 Å². The molecule has 0 radical (unpaired) electrons. The minimum Gasteiger partial charge on any atom is -0.356 e. The molecule has 0 fully saturated rings. The van der Waals surface area contributed by atoms with Gasteiger partial charge in [-0.2, -0.15) is 0 Å². The van der Waals surface area contributed by atoms with E-state index in [0.717, 1.165) is 30.5 Å². The summed E-state index contributed by atoms with van der Waals surface area (Å²) in [6, 6.07) is 0. The molecule has 0 aromatic heterocycles. The van der Waals surface area contributed by atoms with Crippen molar-refractivity contribution >= 4 is 5.91 Å². The molecular formula is C10H24N3O+. The summed E-state index contributed by atoms with van der Waals surface area (Å²) in [5.41, 5.74) is 0. The topological polar surface area (TPSA) is 41.1 Å². The molecule has 0 saturated heterocycles. The highest BCUT2D eigenvalue weighted by molar-refractivity contribution is 5.75. The van der Waals surface area contributed by atoms with Crippen LogP contribution < -0.4 is 10.6 Å². The molecule has 84 valence electrons. The second-order valence-electron chi connectivity index (χ2n) is 4.57. The van der Waals surface area contributed by atoms with E-state index in [4.69, 9.17) is 0 Å². The van der Waals surface area contributed by atoms with E-state index in [1.807, 2.05) is 7.05 Å². The van der Waals surface area contributed by atoms with E-state index in [0.29, 0.717) is 6.42 Å². The lowest BCUT2D eigenvalue weighted by Crippen LogP contribution is -2.37. The molecule has 0 rings (SSSR count). The lowest BCUT2D eigenvalue weighted by atomic mass is 10.3. The van der Waals surface area contributed by atoms with E-state index in [1.54, 1.807) is 0 Å². The Balaban J connectivity index is 3.32. The summed E-state index contributed by atoms with van der Waals surface area (Å²) in [6.07, 6.45) is 1.61. The zero-order chi connectivity index (χ0) is 11.0. The molecule has 0 aliphatic rings. The third kappa shape index (κ3) is 9.48. The van der Waals surface area contributed by atoms with Gasteiger partial charge in [0.2, 0.25) is 5.91 Å². The Morgan fingerprint density at radius 1 is 1.21 bits per heavy atom. The van der Waals surface area contributed by atoms with E-state index in [9.17, 15) is 4.79 Å². The number of nitrogens with zero attached hydrogens (tertiary/aromatic N) is 1. The predicted octanol–water partition coefficient (Wildman–Crippen LogP) is -0.192. The summed E-state index contributed by atoms with van der Waals surface area (Å²) in [4.78, 5) is 11.2. The van der Waals surface area contributed by atoms with Gasteiger partial charge in [0.05, 0.1) is 27.7 Å². The van der Waals surface area contributed by atoms with Crippen LogP contribution in [0.1, 0.15) is 12.8 Å². The van der Waals surface area contributed by atoms with Crippen LogP contribution in [-0.4, -0.2) is 58.2 Å². The van der Waals surface area contributed by atoms with Crippen molar-refractivity contribution in [3.63, 3.8) is 0 Å². The van der Waals surface area contributed by atoms with Gasteiger partial charge in [-0.25, -0.2) is 0 Å². The molecule has 0 heterocycles. The van der Waals surface area contributed by atoms with Gasteiger partial charge in [0.25, 0.3) is 0 Å². The number of quaternary nitrogens is 1. The molecule has 0 saturated carbocycles. The van der Waals surface area contributed by atoms with Gasteiger partial charge in [0.15, 0.2) is 0 Å². The van der Waals surface area contributed by atoms with Gasteiger partial charge < -0.3 is 15.1 Å². The summed E-state index contributed by atoms with van der Waals surface area (Å²) in [5, 5.41) is 5.85. The van der Waals surface area contributed by atoms with Gasteiger partial charge >= 0.3 is 0 Å². The number of carbonyl (C=O) groups excluding carboxylic acids is 1. The summed E-state index contributed by atoms with van der Waals surface area (Å²) in [7, 11) is 8.32. The van der Waals surface area contributed by atoms with Crippen molar-refractivity contribution < 1.29 is 9.28 Å². The number of hydrogen-bond acceptors (Lipinski definition) is 2. The number of hydrogen-bond donors (Lipinski definition) is 2. The minimum absolute atomic E-state index is 0.140. The molecule has 0 atom stereocenters. The fraction of sp³-hybridized carbons (Fsp3) is 0.900. The standard InChI is InChI=1S/C10H23N3O/c1-11-8-6-10(14)12-7-5-9-13(2,3)4/h11H,5-9H2,1-4H3/p+1. The van der Waals surface area contributed by atoms with Crippen molar-refractivity contribution in [2.24, 2.45) is 0 Å². The minimum atomic E-state index is 0.140. The number of nitrogens with one attached hydrogen (secondary N) is 2. The molecule has 1 amide bonds. The number of amides is 1. The molecule has 0 unspecified atom stereocenters. The Hall–Kier alpha value is -0.610. The molecule has 4 heteroatoms. The smallest absolute Gasteiger partial charge is 0.221 e. The normalized spacial score (nSPS) is 11.4. The Labute approximate surface area is 87.3 Å². The summed E-state index contributed by atoms with van der Waals surface area (Å²) >= 11 is 0. The molecule has 0 bridgehead atoms. The molecule has 0 spiro atoms. The van der Waals surface area contributed by atoms with Crippen molar-refractivity contribution in [1.29, 1.82) is 0 Å². The van der Waals surface area contributed by atoms with Crippen LogP contribution in [0.2, 0.25) is 0 Å². The number of carbonyl (C=O) groups is 1. The van der Waals surface area contributed by atoms with Crippen LogP contribution in [0.5, 0.6) is 0 Å². The maximum Gasteiger partial charge on any atom is 0.221 e. The van der Waals surface area contributed by atoms with Gasteiger partial charge in [-0.3, -0.25) is 4.79 Å². The third-order valence-electron chi connectivity index (χ3n) is 1.93. The lowest BCUT2D eigenvalue weighted by molar-refractivity contribution is -0.870. The summed E-state index contributed by atoms with van der Waals surface area (Å²) in [5.74, 6) is 0.140. The predicted molar refractivity (Wildman–Crippen MR) is 59.1 cm³/mol. The average molecular weight is 202 g/mol. The molecule has 14 heavy (non-hydrogen) atoms. The highest BCUT2D eigenvalue weighted by atomic mass is 16.1. The van der Waals surface area contributed by atoms with Gasteiger partial charge in [0.1, 0.15) is 0 Å². The van der Waals surface area contributed by atoms with Crippen LogP contribution in [0.4, 0.5) is 0 Å². The zero-order valence-corrected chi connectivity index (χ0v) is 9.89.